The fraction of sp³-hybridized carbons (Fsp3) is 0.214. The fourth-order valence-corrected chi connectivity index (χ4v) is 2.22. The van der Waals surface area contributed by atoms with Crippen LogP contribution in [0.1, 0.15) is 24.2 Å². The van der Waals surface area contributed by atoms with Crippen molar-refractivity contribution < 1.29 is 0 Å². The Morgan fingerprint density at radius 1 is 1.32 bits per heavy atom. The van der Waals surface area contributed by atoms with Crippen molar-refractivity contribution in [1.29, 1.82) is 0 Å². The van der Waals surface area contributed by atoms with Gasteiger partial charge in [0.25, 0.3) is 0 Å². The van der Waals surface area contributed by atoms with E-state index in [9.17, 15) is 0 Å². The zero-order chi connectivity index (χ0) is 13.1. The van der Waals surface area contributed by atoms with Crippen LogP contribution in [0.5, 0.6) is 0 Å². The smallest absolute Gasteiger partial charge is 0.104 e. The molecule has 0 spiro atoms. The van der Waals surface area contributed by atoms with E-state index < -0.39 is 0 Å². The number of nitrogens with one attached hydrogen (secondary N) is 2. The standard InChI is InChI=1S/C14H15N5/c1-2-15-14(13-9-17-19-18-13)11-5-6-12-10(8-11)4-3-7-16-12/h3-9,14-15H,2H2,1H3,(H,17,18,19). The molecule has 2 heterocycles. The summed E-state index contributed by atoms with van der Waals surface area (Å²) in [4.78, 5) is 4.34. The van der Waals surface area contributed by atoms with Gasteiger partial charge in [-0.15, -0.1) is 0 Å². The van der Waals surface area contributed by atoms with Gasteiger partial charge in [-0.25, -0.2) is 0 Å². The van der Waals surface area contributed by atoms with Gasteiger partial charge in [0.05, 0.1) is 17.8 Å². The molecule has 0 aliphatic heterocycles. The second-order valence-electron chi connectivity index (χ2n) is 4.34. The second-order valence-corrected chi connectivity index (χ2v) is 4.34. The summed E-state index contributed by atoms with van der Waals surface area (Å²) < 4.78 is 0. The third-order valence-corrected chi connectivity index (χ3v) is 3.10. The van der Waals surface area contributed by atoms with Crippen molar-refractivity contribution in [3.05, 3.63) is 54.0 Å². The third kappa shape index (κ3) is 2.32. The first-order valence-corrected chi connectivity index (χ1v) is 6.32. The molecule has 2 N–H and O–H groups in total. The normalized spacial score (nSPS) is 12.7. The van der Waals surface area contributed by atoms with E-state index in [2.05, 4.69) is 50.8 Å². The van der Waals surface area contributed by atoms with Crippen molar-refractivity contribution in [2.24, 2.45) is 0 Å². The topological polar surface area (TPSA) is 66.5 Å². The van der Waals surface area contributed by atoms with Gasteiger partial charge < -0.3 is 5.32 Å². The summed E-state index contributed by atoms with van der Waals surface area (Å²) in [6.45, 7) is 2.94. The van der Waals surface area contributed by atoms with Crippen LogP contribution in [0.3, 0.4) is 0 Å². The SMILES string of the molecule is CCNC(c1ccc2ncccc2c1)c1cn[nH]n1. The number of H-pyrrole nitrogens is 1. The quantitative estimate of drug-likeness (QED) is 0.747. The zero-order valence-electron chi connectivity index (χ0n) is 10.7. The van der Waals surface area contributed by atoms with Gasteiger partial charge >= 0.3 is 0 Å². The molecule has 0 amide bonds. The number of pyridine rings is 1. The Labute approximate surface area is 111 Å². The average molecular weight is 253 g/mol. The summed E-state index contributed by atoms with van der Waals surface area (Å²) in [6.07, 6.45) is 3.56. The van der Waals surface area contributed by atoms with Crippen LogP contribution in [0.4, 0.5) is 0 Å². The lowest BCUT2D eigenvalue weighted by Crippen LogP contribution is -2.22. The maximum absolute atomic E-state index is 4.34. The molecule has 0 saturated carbocycles. The van der Waals surface area contributed by atoms with E-state index in [1.807, 2.05) is 12.1 Å². The number of aromatic amines is 1. The highest BCUT2D eigenvalue weighted by atomic mass is 15.3. The van der Waals surface area contributed by atoms with E-state index >= 15 is 0 Å². The first kappa shape index (κ1) is 11.8. The van der Waals surface area contributed by atoms with Gasteiger partial charge in [0, 0.05) is 11.6 Å². The molecule has 96 valence electrons. The van der Waals surface area contributed by atoms with Crippen molar-refractivity contribution in [2.75, 3.05) is 6.54 Å². The molecule has 0 fully saturated rings. The van der Waals surface area contributed by atoms with Gasteiger partial charge in [-0.3, -0.25) is 4.98 Å². The molecule has 1 atom stereocenters. The van der Waals surface area contributed by atoms with E-state index in [0.717, 1.165) is 28.7 Å². The van der Waals surface area contributed by atoms with Crippen LogP contribution < -0.4 is 5.32 Å². The van der Waals surface area contributed by atoms with Gasteiger partial charge in [-0.1, -0.05) is 19.1 Å². The summed E-state index contributed by atoms with van der Waals surface area (Å²) in [7, 11) is 0. The molecule has 19 heavy (non-hydrogen) atoms. The summed E-state index contributed by atoms with van der Waals surface area (Å²) in [5.74, 6) is 0. The van der Waals surface area contributed by atoms with Crippen molar-refractivity contribution in [1.82, 2.24) is 25.7 Å². The maximum atomic E-state index is 4.34. The van der Waals surface area contributed by atoms with Crippen LogP contribution in [0.25, 0.3) is 10.9 Å². The number of fused-ring (bicyclic) bond motifs is 1. The molecule has 3 aromatic rings. The Bertz CT molecular complexity index is 662. The van der Waals surface area contributed by atoms with E-state index in [0.29, 0.717) is 0 Å². The molecule has 0 bridgehead atoms. The molecular formula is C14H15N5. The van der Waals surface area contributed by atoms with Crippen LogP contribution in [-0.2, 0) is 0 Å². The summed E-state index contributed by atoms with van der Waals surface area (Å²) in [5, 5.41) is 15.3. The largest absolute Gasteiger partial charge is 0.305 e. The molecule has 0 aliphatic rings. The highest BCUT2D eigenvalue weighted by Gasteiger charge is 2.15. The second kappa shape index (κ2) is 5.16. The van der Waals surface area contributed by atoms with Gasteiger partial charge in [0.2, 0.25) is 0 Å². The fourth-order valence-electron chi connectivity index (χ4n) is 2.22. The van der Waals surface area contributed by atoms with Crippen LogP contribution in [0.15, 0.2) is 42.7 Å². The number of hydrogen-bond donors (Lipinski definition) is 2. The lowest BCUT2D eigenvalue weighted by molar-refractivity contribution is 0.614. The Kier molecular flexibility index (Phi) is 3.20. The Morgan fingerprint density at radius 2 is 2.26 bits per heavy atom. The molecule has 0 aliphatic carbocycles. The molecule has 1 aromatic carbocycles. The van der Waals surface area contributed by atoms with E-state index in [1.54, 1.807) is 12.4 Å². The number of aromatic nitrogens is 4. The summed E-state index contributed by atoms with van der Waals surface area (Å²) in [6, 6.07) is 10.3. The Hall–Kier alpha value is -2.27. The number of nitrogens with zero attached hydrogens (tertiary/aromatic N) is 3. The molecular weight excluding hydrogens is 238 g/mol. The highest BCUT2D eigenvalue weighted by Crippen LogP contribution is 2.23. The van der Waals surface area contributed by atoms with Crippen molar-refractivity contribution in [3.8, 4) is 0 Å². The number of rotatable bonds is 4. The Balaban J connectivity index is 2.05. The molecule has 3 rings (SSSR count). The van der Waals surface area contributed by atoms with Crippen LogP contribution >= 0.6 is 0 Å². The molecule has 1 unspecified atom stereocenters. The zero-order valence-corrected chi connectivity index (χ0v) is 10.7. The molecule has 5 heteroatoms. The predicted octanol–water partition coefficient (Wildman–Crippen LogP) is 2.05. The van der Waals surface area contributed by atoms with Crippen LogP contribution in [-0.4, -0.2) is 26.9 Å². The lowest BCUT2D eigenvalue weighted by atomic mass is 10.0. The van der Waals surface area contributed by atoms with Crippen LogP contribution in [0.2, 0.25) is 0 Å². The van der Waals surface area contributed by atoms with E-state index in [-0.39, 0.29) is 6.04 Å². The minimum Gasteiger partial charge on any atom is -0.305 e. The minimum absolute atomic E-state index is 0.0494. The first-order valence-electron chi connectivity index (χ1n) is 6.32. The molecule has 0 radical (unpaired) electrons. The number of benzene rings is 1. The van der Waals surface area contributed by atoms with Crippen molar-refractivity contribution >= 4 is 10.9 Å². The van der Waals surface area contributed by atoms with E-state index in [1.165, 1.54) is 0 Å². The third-order valence-electron chi connectivity index (χ3n) is 3.10. The van der Waals surface area contributed by atoms with Crippen molar-refractivity contribution in [2.45, 2.75) is 13.0 Å². The predicted molar refractivity (Wildman–Crippen MR) is 73.6 cm³/mol. The maximum Gasteiger partial charge on any atom is 0.104 e. The van der Waals surface area contributed by atoms with Crippen LogP contribution in [0, 0.1) is 0 Å². The van der Waals surface area contributed by atoms with Gasteiger partial charge in [-0.2, -0.15) is 15.4 Å². The molecule has 5 nitrogen and oxygen atoms in total. The highest BCUT2D eigenvalue weighted by molar-refractivity contribution is 5.79. The van der Waals surface area contributed by atoms with Gasteiger partial charge in [0.1, 0.15) is 5.69 Å². The van der Waals surface area contributed by atoms with Gasteiger partial charge in [-0.05, 0) is 30.3 Å². The van der Waals surface area contributed by atoms with E-state index in [4.69, 9.17) is 0 Å². The summed E-state index contributed by atoms with van der Waals surface area (Å²) in [5.41, 5.74) is 3.06. The molecule has 2 aromatic heterocycles. The first-order chi connectivity index (χ1) is 9.38. The van der Waals surface area contributed by atoms with Crippen molar-refractivity contribution in [3.63, 3.8) is 0 Å². The number of hydrogen-bond acceptors (Lipinski definition) is 4. The monoisotopic (exact) mass is 253 g/mol. The Morgan fingerprint density at radius 3 is 3.05 bits per heavy atom. The summed E-state index contributed by atoms with van der Waals surface area (Å²) >= 11 is 0. The average Bonchev–Trinajstić information content (AvgIpc) is 2.98. The minimum atomic E-state index is 0.0494. The molecule has 0 saturated heterocycles. The van der Waals surface area contributed by atoms with Gasteiger partial charge in [0.15, 0.2) is 0 Å². The lowest BCUT2D eigenvalue weighted by Gasteiger charge is -2.16.